The first kappa shape index (κ1) is 59.6. The van der Waals surface area contributed by atoms with E-state index in [1.807, 2.05) is 0 Å². The number of phenols is 1. The van der Waals surface area contributed by atoms with Gasteiger partial charge in [0.05, 0.1) is 24.8 Å². The molecule has 0 saturated heterocycles. The molecule has 1 rings (SSSR count). The number of guanidine groups is 2. The fraction of sp³-hybridized carbons (Fsp3) is 0.634. The molecule has 26 N–H and O–H groups in total. The maximum Gasteiger partial charge on any atom is 0.326 e. The van der Waals surface area contributed by atoms with E-state index in [0.717, 1.165) is 0 Å². The molecule has 27 nitrogen and oxygen atoms in total. The maximum absolute atomic E-state index is 13.9. The van der Waals surface area contributed by atoms with Crippen molar-refractivity contribution in [2.45, 2.75) is 132 Å². The fourth-order valence-electron chi connectivity index (χ4n) is 6.47. The molecule has 0 spiro atoms. The first-order valence-electron chi connectivity index (χ1n) is 22.3. The Morgan fingerprint density at radius 3 is 1.51 bits per heavy atom. The van der Waals surface area contributed by atoms with E-state index in [0.29, 0.717) is 24.8 Å². The number of nitrogens with one attached hydrogen (secondary N) is 6. The summed E-state index contributed by atoms with van der Waals surface area (Å²) in [5.74, 6) is -7.36. The number of aromatic hydroxyl groups is 1. The highest BCUT2D eigenvalue weighted by Crippen LogP contribution is 2.13. The zero-order valence-electron chi connectivity index (χ0n) is 38.5. The molecule has 0 heterocycles. The molecular formula is C41H74N16O11. The number of nitrogens with two attached hydrogens (primary N) is 8. The largest absolute Gasteiger partial charge is 0.508 e. The monoisotopic (exact) mass is 967 g/mol. The van der Waals surface area contributed by atoms with Crippen molar-refractivity contribution in [3.05, 3.63) is 29.8 Å². The number of aliphatic carboxylic acids is 1. The van der Waals surface area contributed by atoms with Crippen molar-refractivity contribution in [2.24, 2.45) is 55.9 Å². The molecule has 0 aliphatic heterocycles. The van der Waals surface area contributed by atoms with Gasteiger partial charge in [-0.1, -0.05) is 12.1 Å². The van der Waals surface area contributed by atoms with E-state index in [4.69, 9.17) is 45.9 Å². The molecule has 0 aliphatic carbocycles. The van der Waals surface area contributed by atoms with Crippen molar-refractivity contribution in [1.29, 1.82) is 0 Å². The number of hydrogen-bond acceptors (Lipinski definition) is 16. The molecular weight excluding hydrogens is 893 g/mol. The lowest BCUT2D eigenvalue weighted by molar-refractivity contribution is -0.142. The van der Waals surface area contributed by atoms with Crippen LogP contribution in [0.3, 0.4) is 0 Å². The smallest absolute Gasteiger partial charge is 0.326 e. The van der Waals surface area contributed by atoms with Crippen LogP contribution in [-0.2, 0) is 40.0 Å². The minimum absolute atomic E-state index is 0.0351. The van der Waals surface area contributed by atoms with E-state index in [-0.39, 0.29) is 95.3 Å². The van der Waals surface area contributed by atoms with Gasteiger partial charge in [-0.05, 0) is 102 Å². The van der Waals surface area contributed by atoms with Gasteiger partial charge >= 0.3 is 5.97 Å². The first-order chi connectivity index (χ1) is 32.1. The molecule has 0 saturated carbocycles. The van der Waals surface area contributed by atoms with Crippen LogP contribution >= 0.6 is 0 Å². The third-order valence-corrected chi connectivity index (χ3v) is 10.2. The van der Waals surface area contributed by atoms with Crippen LogP contribution in [0.5, 0.6) is 5.75 Å². The number of hydrogen-bond donors (Lipinski definition) is 18. The van der Waals surface area contributed by atoms with Crippen LogP contribution in [0.4, 0.5) is 0 Å². The van der Waals surface area contributed by atoms with Crippen molar-refractivity contribution < 1.29 is 54.0 Å². The summed E-state index contributed by atoms with van der Waals surface area (Å²) in [5.41, 5.74) is 45.1. The zero-order valence-corrected chi connectivity index (χ0v) is 38.5. The number of aliphatic imine (C=N–C) groups is 2. The Bertz CT molecular complexity index is 1810. The highest BCUT2D eigenvalue weighted by molar-refractivity contribution is 5.97. The lowest BCUT2D eigenvalue weighted by Gasteiger charge is -2.29. The van der Waals surface area contributed by atoms with Crippen molar-refractivity contribution in [3.8, 4) is 5.75 Å². The number of benzene rings is 1. The lowest BCUT2D eigenvalue weighted by atomic mass is 10.0. The van der Waals surface area contributed by atoms with Crippen molar-refractivity contribution in [3.63, 3.8) is 0 Å². The van der Waals surface area contributed by atoms with E-state index < -0.39 is 102 Å². The van der Waals surface area contributed by atoms with Crippen LogP contribution < -0.4 is 77.8 Å². The molecule has 9 unspecified atom stereocenters. The van der Waals surface area contributed by atoms with Gasteiger partial charge in [0.1, 0.15) is 42.0 Å². The predicted octanol–water partition coefficient (Wildman–Crippen LogP) is -6.68. The second-order valence-corrected chi connectivity index (χ2v) is 16.1. The first-order valence-corrected chi connectivity index (χ1v) is 22.3. The highest BCUT2D eigenvalue weighted by atomic mass is 16.4. The summed E-state index contributed by atoms with van der Waals surface area (Å²) < 4.78 is 0. The van der Waals surface area contributed by atoms with E-state index in [1.165, 1.54) is 31.2 Å². The molecule has 1 aromatic carbocycles. The Morgan fingerprint density at radius 2 is 1.03 bits per heavy atom. The van der Waals surface area contributed by atoms with Gasteiger partial charge in [-0.15, -0.1) is 0 Å². The Kier molecular flexibility index (Phi) is 28.4. The molecule has 0 aromatic heterocycles. The third kappa shape index (κ3) is 23.9. The van der Waals surface area contributed by atoms with E-state index in [1.54, 1.807) is 0 Å². The number of rotatable bonds is 34. The maximum atomic E-state index is 13.9. The van der Waals surface area contributed by atoms with Crippen LogP contribution in [0.2, 0.25) is 0 Å². The summed E-state index contributed by atoms with van der Waals surface area (Å²) >= 11 is 0. The van der Waals surface area contributed by atoms with Crippen molar-refractivity contribution >= 4 is 53.3 Å². The van der Waals surface area contributed by atoms with Crippen LogP contribution in [0.1, 0.15) is 76.7 Å². The SMILES string of the molecule is CC(O)C(NC(=O)C(CCCN)NC(=O)C(CC(O)CN=C(N)N)NC(=O)C(N)CCCN=C(N)N)C(=O)NC(CCCN)C(=O)NC(CCCCN)C(=O)NC(Cc1ccc(O)cc1)C(=O)O. The number of carbonyl (C=O) groups is 7. The van der Waals surface area contributed by atoms with Crippen LogP contribution in [0, 0.1) is 0 Å². The van der Waals surface area contributed by atoms with Crippen molar-refractivity contribution in [1.82, 2.24) is 31.9 Å². The standard InChI is InChI=1S/C41H74N16O11/c1-22(58)32(57-36(64)29(10-5-17-44)53-37(65)30(20-25(60)21-51-41(48)49)55-33(61)26(45)7-6-18-50-40(46)47)38(66)54-28(9-4-16-43)34(62)52-27(8-2-3-15-42)35(63)56-31(39(67)68)19-23-11-13-24(59)14-12-23/h11-14,22,25-32,58-60H,2-10,15-21,42-45H2,1H3,(H,52,62)(H,53,65)(H,54,66)(H,55,61)(H,56,63)(H,57,64)(H,67,68)(H4,46,47,50)(H4,48,49,51). The quantitative estimate of drug-likeness (QED) is 0.0173. The normalized spacial score (nSPS) is 15.0. The molecule has 1 aromatic rings. The van der Waals surface area contributed by atoms with Crippen LogP contribution in [-0.4, -0.2) is 161 Å². The minimum atomic E-state index is -1.73. The average molecular weight is 967 g/mol. The third-order valence-electron chi connectivity index (χ3n) is 10.2. The van der Waals surface area contributed by atoms with Gasteiger partial charge in [0, 0.05) is 19.4 Å². The van der Waals surface area contributed by atoms with Gasteiger partial charge in [0.2, 0.25) is 35.4 Å². The van der Waals surface area contributed by atoms with Gasteiger partial charge < -0.3 is 98.2 Å². The number of amides is 6. The Morgan fingerprint density at radius 1 is 0.574 bits per heavy atom. The molecule has 384 valence electrons. The van der Waals surface area contributed by atoms with Crippen molar-refractivity contribution in [2.75, 3.05) is 32.7 Å². The molecule has 0 bridgehead atoms. The lowest BCUT2D eigenvalue weighted by Crippen LogP contribution is -2.62. The Labute approximate surface area is 394 Å². The summed E-state index contributed by atoms with van der Waals surface area (Å²) in [5, 5.41) is 55.8. The molecule has 6 amide bonds. The Balaban J connectivity index is 3.35. The topological polar surface area (TPSA) is 505 Å². The van der Waals surface area contributed by atoms with Gasteiger partial charge in [-0.25, -0.2) is 4.79 Å². The second-order valence-electron chi connectivity index (χ2n) is 16.1. The number of aliphatic hydroxyl groups excluding tert-OH is 2. The summed E-state index contributed by atoms with van der Waals surface area (Å²) in [6.45, 7) is 1.41. The number of unbranched alkanes of at least 4 members (excludes halogenated alkanes) is 1. The molecule has 9 atom stereocenters. The number of carboxylic acid groups (broad SMARTS) is 1. The van der Waals surface area contributed by atoms with Gasteiger partial charge in [-0.2, -0.15) is 0 Å². The Hall–Kier alpha value is -6.39. The number of carboxylic acids is 1. The summed E-state index contributed by atoms with van der Waals surface area (Å²) in [6, 6.07) is -4.21. The number of carbonyl (C=O) groups excluding carboxylic acids is 6. The summed E-state index contributed by atoms with van der Waals surface area (Å²) in [6.07, 6.45) is -2.12. The average Bonchev–Trinajstić information content (AvgIpc) is 3.28. The highest BCUT2D eigenvalue weighted by Gasteiger charge is 2.35. The molecule has 0 radical (unpaired) electrons. The van der Waals surface area contributed by atoms with E-state index >= 15 is 0 Å². The molecule has 0 aliphatic rings. The molecule has 27 heteroatoms. The van der Waals surface area contributed by atoms with Gasteiger partial charge in [0.25, 0.3) is 0 Å². The van der Waals surface area contributed by atoms with E-state index in [9.17, 15) is 54.0 Å². The molecule has 68 heavy (non-hydrogen) atoms. The number of phenolic OH excluding ortho intramolecular Hbond substituents is 1. The second kappa shape index (κ2) is 32.3. The van der Waals surface area contributed by atoms with Gasteiger partial charge in [-0.3, -0.25) is 38.8 Å². The number of nitrogens with zero attached hydrogens (tertiary/aromatic N) is 2. The number of aliphatic hydroxyl groups is 2. The fourth-order valence-corrected chi connectivity index (χ4v) is 6.47. The predicted molar refractivity (Wildman–Crippen MR) is 251 cm³/mol. The zero-order chi connectivity index (χ0) is 51.3. The summed E-state index contributed by atoms with van der Waals surface area (Å²) in [7, 11) is 0. The van der Waals surface area contributed by atoms with E-state index in [2.05, 4.69) is 41.9 Å². The minimum Gasteiger partial charge on any atom is -0.508 e. The van der Waals surface area contributed by atoms with Crippen LogP contribution in [0.25, 0.3) is 0 Å². The molecule has 0 fully saturated rings. The van der Waals surface area contributed by atoms with Crippen LogP contribution in [0.15, 0.2) is 34.3 Å². The van der Waals surface area contributed by atoms with Gasteiger partial charge in [0.15, 0.2) is 11.9 Å². The summed E-state index contributed by atoms with van der Waals surface area (Å²) in [4.78, 5) is 102.